The van der Waals surface area contributed by atoms with Gasteiger partial charge in [-0.25, -0.2) is 0 Å². The maximum absolute atomic E-state index is 8.81. The minimum atomic E-state index is -1.40. The van der Waals surface area contributed by atoms with Crippen LogP contribution in [0.5, 0.6) is 5.75 Å². The number of hydrogen-bond acceptors (Lipinski definition) is 3. The number of hydrogen-bond donors (Lipinski definition) is 2. The van der Waals surface area contributed by atoms with Crippen LogP contribution in [0.1, 0.15) is 16.2 Å². The molecule has 1 aromatic rings. The predicted molar refractivity (Wildman–Crippen MR) is 56.3 cm³/mol. The number of rotatable bonds is 4. The van der Waals surface area contributed by atoms with Gasteiger partial charge >= 0.3 is 7.12 Å². The molecular formula is C9H17BO3. The van der Waals surface area contributed by atoms with E-state index in [4.69, 9.17) is 14.8 Å². The molecular weight excluding hydrogens is 167 g/mol. The van der Waals surface area contributed by atoms with Gasteiger partial charge in [-0.2, -0.15) is 0 Å². The molecule has 13 heavy (non-hydrogen) atoms. The van der Waals surface area contributed by atoms with Crippen LogP contribution in [0.4, 0.5) is 0 Å². The van der Waals surface area contributed by atoms with Crippen LogP contribution in [0.25, 0.3) is 0 Å². The van der Waals surface area contributed by atoms with Crippen molar-refractivity contribution in [1.82, 2.24) is 0 Å². The number of benzene rings is 1. The van der Waals surface area contributed by atoms with Crippen LogP contribution in [0.15, 0.2) is 24.3 Å². The molecule has 0 amide bonds. The second kappa shape index (κ2) is 4.89. The topological polar surface area (TPSA) is 49.7 Å². The summed E-state index contributed by atoms with van der Waals surface area (Å²) in [4.78, 5) is 0. The molecule has 0 aliphatic carbocycles. The van der Waals surface area contributed by atoms with Crippen LogP contribution in [0, 0.1) is 0 Å². The molecule has 0 aromatic heterocycles. The van der Waals surface area contributed by atoms with E-state index in [0.29, 0.717) is 12.1 Å². The van der Waals surface area contributed by atoms with Crippen molar-refractivity contribution in [2.24, 2.45) is 0 Å². The van der Waals surface area contributed by atoms with Gasteiger partial charge in [0.05, 0.1) is 6.61 Å². The zero-order valence-electron chi connectivity index (χ0n) is 7.60. The van der Waals surface area contributed by atoms with Crippen LogP contribution in [0.2, 0.25) is 0 Å². The summed E-state index contributed by atoms with van der Waals surface area (Å²) in [5, 5.41) is 17.6. The SMILES string of the molecule is CCCOc1ccc(B(O)O)cc1.[HH].[HH]. The van der Waals surface area contributed by atoms with E-state index in [-0.39, 0.29) is 2.85 Å². The first-order chi connectivity index (χ1) is 6.24. The third kappa shape index (κ3) is 3.09. The van der Waals surface area contributed by atoms with Crippen molar-refractivity contribution in [2.75, 3.05) is 6.61 Å². The van der Waals surface area contributed by atoms with Gasteiger partial charge in [-0.05, 0) is 24.0 Å². The Bertz CT molecular complexity index is 254. The average Bonchev–Trinajstić information content (AvgIpc) is 2.15. The average molecular weight is 184 g/mol. The zero-order chi connectivity index (χ0) is 9.68. The van der Waals surface area contributed by atoms with Crippen molar-refractivity contribution in [3.05, 3.63) is 24.3 Å². The van der Waals surface area contributed by atoms with Crippen LogP contribution in [0.3, 0.4) is 0 Å². The van der Waals surface area contributed by atoms with Crippen molar-refractivity contribution in [3.63, 3.8) is 0 Å². The highest BCUT2D eigenvalue weighted by Gasteiger charge is 2.09. The number of ether oxygens (including phenoxy) is 1. The smallest absolute Gasteiger partial charge is 0.488 e. The van der Waals surface area contributed by atoms with E-state index in [1.165, 1.54) is 0 Å². The molecule has 74 valence electrons. The predicted octanol–water partition coefficient (Wildman–Crippen LogP) is 0.647. The van der Waals surface area contributed by atoms with Crippen molar-refractivity contribution < 1.29 is 17.6 Å². The third-order valence-electron chi connectivity index (χ3n) is 1.65. The minimum absolute atomic E-state index is 0. The Morgan fingerprint density at radius 2 is 1.92 bits per heavy atom. The van der Waals surface area contributed by atoms with Crippen LogP contribution in [-0.4, -0.2) is 23.8 Å². The Balaban J connectivity index is 0. The van der Waals surface area contributed by atoms with E-state index in [2.05, 4.69) is 0 Å². The maximum Gasteiger partial charge on any atom is 0.488 e. The Morgan fingerprint density at radius 1 is 1.31 bits per heavy atom. The third-order valence-corrected chi connectivity index (χ3v) is 1.65. The molecule has 0 spiro atoms. The first-order valence-electron chi connectivity index (χ1n) is 4.33. The molecule has 0 saturated heterocycles. The largest absolute Gasteiger partial charge is 0.494 e. The molecule has 0 aliphatic rings. The lowest BCUT2D eigenvalue weighted by Gasteiger charge is -2.04. The lowest BCUT2D eigenvalue weighted by Crippen LogP contribution is -2.29. The van der Waals surface area contributed by atoms with Crippen molar-refractivity contribution in [2.45, 2.75) is 13.3 Å². The minimum Gasteiger partial charge on any atom is -0.494 e. The molecule has 0 aliphatic heterocycles. The molecule has 0 bridgehead atoms. The van der Waals surface area contributed by atoms with Gasteiger partial charge in [0.2, 0.25) is 0 Å². The Hall–Kier alpha value is -0.995. The van der Waals surface area contributed by atoms with Gasteiger partial charge in [-0.15, -0.1) is 0 Å². The summed E-state index contributed by atoms with van der Waals surface area (Å²) in [6, 6.07) is 6.72. The van der Waals surface area contributed by atoms with Crippen LogP contribution in [-0.2, 0) is 0 Å². The summed E-state index contributed by atoms with van der Waals surface area (Å²) in [5.74, 6) is 0.756. The van der Waals surface area contributed by atoms with Gasteiger partial charge in [0.15, 0.2) is 0 Å². The van der Waals surface area contributed by atoms with Crippen molar-refractivity contribution >= 4 is 12.6 Å². The molecule has 0 fully saturated rings. The molecule has 0 radical (unpaired) electrons. The van der Waals surface area contributed by atoms with Gasteiger partial charge in [0, 0.05) is 2.85 Å². The summed E-state index contributed by atoms with van der Waals surface area (Å²) in [7, 11) is -1.40. The molecule has 0 unspecified atom stereocenters. The molecule has 0 heterocycles. The molecule has 0 saturated carbocycles. The van der Waals surface area contributed by atoms with Crippen molar-refractivity contribution in [3.8, 4) is 5.75 Å². The normalized spacial score (nSPS) is 9.77. The van der Waals surface area contributed by atoms with Gasteiger partial charge < -0.3 is 14.8 Å². The second-order valence-corrected chi connectivity index (χ2v) is 2.79. The van der Waals surface area contributed by atoms with Crippen molar-refractivity contribution in [1.29, 1.82) is 0 Å². The zero-order valence-corrected chi connectivity index (χ0v) is 7.60. The summed E-state index contributed by atoms with van der Waals surface area (Å²) >= 11 is 0. The van der Waals surface area contributed by atoms with E-state index in [1.807, 2.05) is 6.92 Å². The highest BCUT2D eigenvalue weighted by molar-refractivity contribution is 6.58. The van der Waals surface area contributed by atoms with Gasteiger partial charge in [0.25, 0.3) is 0 Å². The summed E-state index contributed by atoms with van der Waals surface area (Å²) in [6.07, 6.45) is 0.963. The Morgan fingerprint density at radius 3 is 2.38 bits per heavy atom. The van der Waals surface area contributed by atoms with E-state index in [1.54, 1.807) is 24.3 Å². The quantitative estimate of drug-likeness (QED) is 0.675. The van der Waals surface area contributed by atoms with Gasteiger partial charge in [-0.1, -0.05) is 19.1 Å². The van der Waals surface area contributed by atoms with E-state index in [0.717, 1.165) is 12.2 Å². The molecule has 1 aromatic carbocycles. The molecule has 0 atom stereocenters. The highest BCUT2D eigenvalue weighted by Crippen LogP contribution is 2.07. The second-order valence-electron chi connectivity index (χ2n) is 2.79. The molecule has 2 N–H and O–H groups in total. The van der Waals surface area contributed by atoms with Gasteiger partial charge in [0.1, 0.15) is 5.75 Å². The van der Waals surface area contributed by atoms with E-state index in [9.17, 15) is 0 Å². The fraction of sp³-hybridized carbons (Fsp3) is 0.333. The fourth-order valence-electron chi connectivity index (χ4n) is 0.956. The lowest BCUT2D eigenvalue weighted by molar-refractivity contribution is 0.317. The first-order valence-corrected chi connectivity index (χ1v) is 4.33. The van der Waals surface area contributed by atoms with E-state index < -0.39 is 7.12 Å². The highest BCUT2D eigenvalue weighted by atomic mass is 16.5. The molecule has 1 rings (SSSR count). The summed E-state index contributed by atoms with van der Waals surface area (Å²) in [6.45, 7) is 2.72. The molecule has 4 heteroatoms. The van der Waals surface area contributed by atoms with E-state index >= 15 is 0 Å². The maximum atomic E-state index is 8.81. The fourth-order valence-corrected chi connectivity index (χ4v) is 0.956. The van der Waals surface area contributed by atoms with Crippen LogP contribution >= 0.6 is 0 Å². The monoisotopic (exact) mass is 184 g/mol. The Labute approximate surface area is 81.1 Å². The van der Waals surface area contributed by atoms with Gasteiger partial charge in [-0.3, -0.25) is 0 Å². The molecule has 3 nitrogen and oxygen atoms in total. The lowest BCUT2D eigenvalue weighted by atomic mass is 9.80. The standard InChI is InChI=1S/C9H13BO3.2H2/c1-2-7-13-9-5-3-8(4-6-9)10(11)12;;/h3-6,11-12H,2,7H2,1H3;2*1H. The van der Waals surface area contributed by atoms with Crippen LogP contribution < -0.4 is 10.2 Å². The Kier molecular flexibility index (Phi) is 3.80. The summed E-state index contributed by atoms with van der Waals surface area (Å²) < 4.78 is 5.33. The summed E-state index contributed by atoms with van der Waals surface area (Å²) in [5.41, 5.74) is 0.476. The first kappa shape index (κ1) is 10.1.